The number of para-hydroxylation sites is 4. The number of benzene rings is 9. The van der Waals surface area contributed by atoms with Crippen LogP contribution in [0.5, 0.6) is 0 Å². The fourth-order valence-electron chi connectivity index (χ4n) is 9.48. The largest absolute Gasteiger partial charge is 0.455 e. The van der Waals surface area contributed by atoms with Gasteiger partial charge in [0.05, 0.1) is 16.9 Å². The maximum Gasteiger partial charge on any atom is 0.162 e. The first-order chi connectivity index (χ1) is 31.7. The summed E-state index contributed by atoms with van der Waals surface area (Å²) >= 11 is 0. The molecule has 13 rings (SSSR count). The van der Waals surface area contributed by atoms with E-state index in [-0.39, 0.29) is 0 Å². The highest BCUT2D eigenvalue weighted by Crippen LogP contribution is 2.44. The van der Waals surface area contributed by atoms with Gasteiger partial charge in [0.25, 0.3) is 0 Å². The van der Waals surface area contributed by atoms with Gasteiger partial charge in [-0.15, -0.1) is 0 Å². The summed E-state index contributed by atoms with van der Waals surface area (Å²) < 4.78 is 13.2. The predicted molar refractivity (Wildman–Crippen MR) is 262 cm³/mol. The number of pyridine rings is 1. The van der Waals surface area contributed by atoms with Crippen LogP contribution in [0.3, 0.4) is 0 Å². The Hall–Kier alpha value is -8.67. The van der Waals surface area contributed by atoms with Crippen LogP contribution in [0.2, 0.25) is 0 Å². The highest BCUT2D eigenvalue weighted by atomic mass is 16.3. The Balaban J connectivity index is 0.983. The average Bonchev–Trinajstić information content (AvgIpc) is 3.96. The van der Waals surface area contributed by atoms with E-state index in [0.717, 1.165) is 127 Å². The monoisotopic (exact) mass is 817 g/mol. The van der Waals surface area contributed by atoms with E-state index in [1.165, 1.54) is 0 Å². The van der Waals surface area contributed by atoms with Crippen molar-refractivity contribution in [2.75, 3.05) is 0 Å². The van der Waals surface area contributed by atoms with E-state index in [9.17, 15) is 0 Å². The van der Waals surface area contributed by atoms with Crippen LogP contribution in [0.15, 0.2) is 221 Å². The number of nitrogens with zero attached hydrogens (tertiary/aromatic N) is 3. The summed E-state index contributed by atoms with van der Waals surface area (Å²) in [7, 11) is 0. The first-order valence-corrected chi connectivity index (χ1v) is 21.5. The van der Waals surface area contributed by atoms with Crippen molar-refractivity contribution in [3.8, 4) is 67.4 Å². The summed E-state index contributed by atoms with van der Waals surface area (Å²) in [4.78, 5) is 16.0. The lowest BCUT2D eigenvalue weighted by Crippen LogP contribution is -1.96. The third-order valence-electron chi connectivity index (χ3n) is 12.5. The Morgan fingerprint density at radius 1 is 0.312 bits per heavy atom. The van der Waals surface area contributed by atoms with Crippen LogP contribution in [0.4, 0.5) is 0 Å². The van der Waals surface area contributed by atoms with Gasteiger partial charge >= 0.3 is 0 Å². The van der Waals surface area contributed by atoms with Crippen LogP contribution >= 0.6 is 0 Å². The highest BCUT2D eigenvalue weighted by molar-refractivity contribution is 6.23. The first kappa shape index (κ1) is 36.0. The zero-order valence-electron chi connectivity index (χ0n) is 34.4. The van der Waals surface area contributed by atoms with Crippen molar-refractivity contribution in [3.05, 3.63) is 212 Å². The number of fused-ring (bicyclic) bond motifs is 9. The van der Waals surface area contributed by atoms with E-state index in [2.05, 4.69) is 170 Å². The molecule has 5 nitrogen and oxygen atoms in total. The van der Waals surface area contributed by atoms with Gasteiger partial charge < -0.3 is 8.83 Å². The normalized spacial score (nSPS) is 11.8. The molecule has 4 aromatic heterocycles. The van der Waals surface area contributed by atoms with E-state index in [4.69, 9.17) is 23.8 Å². The third kappa shape index (κ3) is 5.83. The van der Waals surface area contributed by atoms with Crippen molar-refractivity contribution in [2.45, 2.75) is 0 Å². The van der Waals surface area contributed by atoms with Crippen LogP contribution in [0, 0.1) is 0 Å². The molecule has 9 aromatic carbocycles. The molecule has 0 aliphatic rings. The van der Waals surface area contributed by atoms with Gasteiger partial charge in [-0.1, -0.05) is 182 Å². The molecule has 13 aromatic rings. The minimum atomic E-state index is 0.657. The fourth-order valence-corrected chi connectivity index (χ4v) is 9.48. The fraction of sp³-hybridized carbons (Fsp3) is 0. The predicted octanol–water partition coefficient (Wildman–Crippen LogP) is 16.0. The van der Waals surface area contributed by atoms with Gasteiger partial charge in [-0.05, 0) is 52.2 Å². The quantitative estimate of drug-likeness (QED) is 0.167. The minimum Gasteiger partial charge on any atom is -0.455 e. The summed E-state index contributed by atoms with van der Waals surface area (Å²) in [6, 6.07) is 73.7. The molecule has 64 heavy (non-hydrogen) atoms. The third-order valence-corrected chi connectivity index (χ3v) is 12.5. The molecule has 0 saturated heterocycles. The second-order valence-electron chi connectivity index (χ2n) is 16.3. The second kappa shape index (κ2) is 14.5. The molecule has 0 radical (unpaired) electrons. The maximum absolute atomic E-state index is 6.70. The van der Waals surface area contributed by atoms with Crippen molar-refractivity contribution < 1.29 is 8.83 Å². The number of hydrogen-bond donors (Lipinski definition) is 0. The summed E-state index contributed by atoms with van der Waals surface area (Å²) in [5.74, 6) is 0.657. The van der Waals surface area contributed by atoms with E-state index in [1.807, 2.05) is 42.5 Å². The molecule has 298 valence electrons. The van der Waals surface area contributed by atoms with Gasteiger partial charge in [0, 0.05) is 60.3 Å². The van der Waals surface area contributed by atoms with E-state index < -0.39 is 0 Å². The number of rotatable bonds is 6. The number of aromatic nitrogens is 3. The van der Waals surface area contributed by atoms with Crippen LogP contribution in [0.25, 0.3) is 133 Å². The Labute approximate surface area is 367 Å². The SMILES string of the molecule is c1ccc(-c2nc(-c3cccc(-c4cccc5c4nc(-c4cccc6ccccc46)c4oc6ccccc6c45)c3)cc(-c3cccc(-c4cccc5c4oc4ccccc45)c3)n2)cc1. The lowest BCUT2D eigenvalue weighted by atomic mass is 9.95. The van der Waals surface area contributed by atoms with Crippen LogP contribution in [-0.4, -0.2) is 15.0 Å². The summed E-state index contributed by atoms with van der Waals surface area (Å²) in [5.41, 5.74) is 14.9. The summed E-state index contributed by atoms with van der Waals surface area (Å²) in [6.07, 6.45) is 0. The zero-order chi connectivity index (χ0) is 42.1. The lowest BCUT2D eigenvalue weighted by molar-refractivity contribution is 0.668. The van der Waals surface area contributed by atoms with Crippen molar-refractivity contribution in [1.82, 2.24) is 15.0 Å². The van der Waals surface area contributed by atoms with E-state index in [0.29, 0.717) is 5.82 Å². The molecule has 5 heteroatoms. The molecule has 0 unspecified atom stereocenters. The average molecular weight is 818 g/mol. The van der Waals surface area contributed by atoms with Crippen molar-refractivity contribution in [3.63, 3.8) is 0 Å². The molecular weight excluding hydrogens is 783 g/mol. The molecule has 0 atom stereocenters. The van der Waals surface area contributed by atoms with Crippen LogP contribution in [0.1, 0.15) is 0 Å². The van der Waals surface area contributed by atoms with E-state index in [1.54, 1.807) is 0 Å². The number of furan rings is 2. The molecule has 0 aliphatic carbocycles. The highest BCUT2D eigenvalue weighted by Gasteiger charge is 2.22. The Bertz CT molecular complexity index is 3970. The minimum absolute atomic E-state index is 0.657. The standard InChI is InChI=1S/C59H35N3O2/c1-2-16-37(17-3-1)59-60-50(35-51(61-59)41-22-11-20-39(34-41)44-27-14-29-47-45-24-6-8-31-52(45)63-57(44)47)40-21-10-19-38(33-40)43-26-13-30-49-54-48-25-7-9-32-53(48)64-58(54)56(62-55(43)49)46-28-12-18-36-15-4-5-23-42(36)46/h1-35H. The molecule has 0 aliphatic heterocycles. The maximum atomic E-state index is 6.70. The molecular formula is C59H35N3O2. The van der Waals surface area contributed by atoms with Crippen LogP contribution < -0.4 is 0 Å². The number of hydrogen-bond acceptors (Lipinski definition) is 5. The molecule has 4 heterocycles. The van der Waals surface area contributed by atoms with Gasteiger partial charge in [0.2, 0.25) is 0 Å². The smallest absolute Gasteiger partial charge is 0.162 e. The molecule has 0 spiro atoms. The van der Waals surface area contributed by atoms with E-state index >= 15 is 0 Å². The molecule has 0 fully saturated rings. The molecule has 0 amide bonds. The Morgan fingerprint density at radius 2 is 0.828 bits per heavy atom. The molecule has 0 saturated carbocycles. The summed E-state index contributed by atoms with van der Waals surface area (Å²) in [6.45, 7) is 0. The van der Waals surface area contributed by atoms with Crippen molar-refractivity contribution in [1.29, 1.82) is 0 Å². The van der Waals surface area contributed by atoms with Gasteiger partial charge in [-0.3, -0.25) is 0 Å². The van der Waals surface area contributed by atoms with Crippen molar-refractivity contribution in [2.24, 2.45) is 0 Å². The Morgan fingerprint density at radius 3 is 1.61 bits per heavy atom. The topological polar surface area (TPSA) is 65.0 Å². The van der Waals surface area contributed by atoms with Gasteiger partial charge in [-0.2, -0.15) is 0 Å². The van der Waals surface area contributed by atoms with Crippen molar-refractivity contribution >= 4 is 65.6 Å². The molecule has 0 N–H and O–H groups in total. The van der Waals surface area contributed by atoms with Gasteiger partial charge in [-0.25, -0.2) is 15.0 Å². The Kier molecular flexibility index (Phi) is 8.15. The second-order valence-corrected chi connectivity index (χ2v) is 16.3. The van der Waals surface area contributed by atoms with Gasteiger partial charge in [0.15, 0.2) is 11.4 Å². The molecule has 0 bridgehead atoms. The van der Waals surface area contributed by atoms with Gasteiger partial charge in [0.1, 0.15) is 22.4 Å². The first-order valence-electron chi connectivity index (χ1n) is 21.5. The zero-order valence-corrected chi connectivity index (χ0v) is 34.4. The lowest BCUT2D eigenvalue weighted by Gasteiger charge is -2.13. The summed E-state index contributed by atoms with van der Waals surface area (Å²) in [5, 5.41) is 7.67. The van der Waals surface area contributed by atoms with Crippen LogP contribution in [-0.2, 0) is 0 Å².